The molecule has 28 heavy (non-hydrogen) atoms. The number of ether oxygens (including phenoxy) is 1. The number of carbonyl (C=O) groups excluding carboxylic acids is 2. The fraction of sp³-hybridized carbons (Fsp3) is 0.263. The van der Waals surface area contributed by atoms with E-state index in [0.29, 0.717) is 11.4 Å². The first-order valence-corrected chi connectivity index (χ1v) is 10.5. The Balaban J connectivity index is 2.27. The van der Waals surface area contributed by atoms with E-state index in [9.17, 15) is 18.0 Å². The number of benzene rings is 2. The highest BCUT2D eigenvalue weighted by Crippen LogP contribution is 2.24. The van der Waals surface area contributed by atoms with Crippen molar-refractivity contribution in [3.8, 4) is 0 Å². The van der Waals surface area contributed by atoms with Crippen LogP contribution in [0.2, 0.25) is 5.02 Å². The van der Waals surface area contributed by atoms with Gasteiger partial charge < -0.3 is 10.1 Å². The lowest BCUT2D eigenvalue weighted by Gasteiger charge is -2.24. The smallest absolute Gasteiger partial charge is 0.339 e. The van der Waals surface area contributed by atoms with Crippen molar-refractivity contribution in [3.05, 3.63) is 58.1 Å². The van der Waals surface area contributed by atoms with Gasteiger partial charge in [0.15, 0.2) is 0 Å². The molecule has 0 aromatic heterocycles. The molecule has 0 fully saturated rings. The lowest BCUT2D eigenvalue weighted by molar-refractivity contribution is -0.114. The van der Waals surface area contributed by atoms with Crippen molar-refractivity contribution < 1.29 is 22.7 Å². The molecular formula is C19H21ClN2O5S. The number of hydrogen-bond donors (Lipinski definition) is 1. The molecule has 0 spiro atoms. The van der Waals surface area contributed by atoms with Crippen LogP contribution in [0.15, 0.2) is 36.4 Å². The van der Waals surface area contributed by atoms with Crippen LogP contribution in [0.1, 0.15) is 21.5 Å². The number of hydrogen-bond acceptors (Lipinski definition) is 5. The number of nitrogens with zero attached hydrogens (tertiary/aromatic N) is 1. The van der Waals surface area contributed by atoms with Crippen molar-refractivity contribution in [3.63, 3.8) is 0 Å². The lowest BCUT2D eigenvalue weighted by atomic mass is 10.1. The lowest BCUT2D eigenvalue weighted by Crippen LogP contribution is -2.37. The topological polar surface area (TPSA) is 92.8 Å². The van der Waals surface area contributed by atoms with Gasteiger partial charge in [-0.1, -0.05) is 29.3 Å². The summed E-state index contributed by atoms with van der Waals surface area (Å²) in [6, 6.07) is 9.61. The zero-order chi connectivity index (χ0) is 21.1. The van der Waals surface area contributed by atoms with Gasteiger partial charge in [-0.25, -0.2) is 13.2 Å². The summed E-state index contributed by atoms with van der Waals surface area (Å²) in [5, 5.41) is 2.76. The number of anilines is 2. The molecule has 9 heteroatoms. The molecule has 0 bridgehead atoms. The molecule has 0 aliphatic carbocycles. The quantitative estimate of drug-likeness (QED) is 0.719. The minimum atomic E-state index is -3.70. The molecule has 1 amide bonds. The Bertz CT molecular complexity index is 1020. The number of nitrogens with one attached hydrogen (secondary N) is 1. The number of halogens is 1. The molecule has 0 heterocycles. The summed E-state index contributed by atoms with van der Waals surface area (Å²) in [6.07, 6.45) is 1.04. The molecule has 0 radical (unpaired) electrons. The van der Waals surface area contributed by atoms with Gasteiger partial charge in [-0.05, 0) is 43.7 Å². The third-order valence-electron chi connectivity index (χ3n) is 3.96. The molecule has 0 atom stereocenters. The van der Waals surface area contributed by atoms with Crippen molar-refractivity contribution >= 4 is 44.9 Å². The van der Waals surface area contributed by atoms with Crippen LogP contribution in [-0.2, 0) is 19.6 Å². The number of amides is 1. The average molecular weight is 425 g/mol. The van der Waals surface area contributed by atoms with E-state index >= 15 is 0 Å². The maximum Gasteiger partial charge on any atom is 0.339 e. The number of aryl methyl sites for hydroxylation is 2. The van der Waals surface area contributed by atoms with E-state index in [2.05, 4.69) is 10.1 Å². The molecule has 2 aromatic carbocycles. The van der Waals surface area contributed by atoms with Crippen molar-refractivity contribution in [2.45, 2.75) is 13.8 Å². The molecule has 0 aliphatic rings. The second-order valence-corrected chi connectivity index (χ2v) is 8.61. The summed E-state index contributed by atoms with van der Waals surface area (Å²) < 4.78 is 30.2. The SMILES string of the molecule is COC(=O)c1cc(NC(=O)CN(c2ccc(C)cc2C)S(C)(=O)=O)ccc1Cl. The van der Waals surface area contributed by atoms with Crippen LogP contribution < -0.4 is 9.62 Å². The summed E-state index contributed by atoms with van der Waals surface area (Å²) in [5.74, 6) is -1.21. The zero-order valence-corrected chi connectivity index (χ0v) is 17.5. The average Bonchev–Trinajstić information content (AvgIpc) is 2.60. The summed E-state index contributed by atoms with van der Waals surface area (Å²) in [4.78, 5) is 24.2. The second kappa shape index (κ2) is 8.62. The van der Waals surface area contributed by atoms with Gasteiger partial charge >= 0.3 is 5.97 Å². The van der Waals surface area contributed by atoms with Gasteiger partial charge in [0.1, 0.15) is 6.54 Å². The maximum atomic E-state index is 12.5. The Morgan fingerprint density at radius 2 is 1.82 bits per heavy atom. The van der Waals surface area contributed by atoms with Gasteiger partial charge in [-0.15, -0.1) is 0 Å². The van der Waals surface area contributed by atoms with E-state index in [-0.39, 0.29) is 10.6 Å². The standard InChI is InChI=1S/C19H21ClN2O5S/c1-12-5-8-17(13(2)9-12)22(28(4,25)26)11-18(23)21-14-6-7-16(20)15(10-14)19(24)27-3/h5-10H,11H2,1-4H3,(H,21,23). The molecule has 7 nitrogen and oxygen atoms in total. The zero-order valence-electron chi connectivity index (χ0n) is 15.9. The first kappa shape index (κ1) is 21.7. The maximum absolute atomic E-state index is 12.5. The summed E-state index contributed by atoms with van der Waals surface area (Å²) in [6.45, 7) is 3.26. The Labute approximate surface area is 169 Å². The van der Waals surface area contributed by atoms with E-state index in [1.807, 2.05) is 13.0 Å². The van der Waals surface area contributed by atoms with Crippen LogP contribution >= 0.6 is 11.6 Å². The Morgan fingerprint density at radius 3 is 2.39 bits per heavy atom. The minimum absolute atomic E-state index is 0.0938. The largest absolute Gasteiger partial charge is 0.465 e. The summed E-state index contributed by atoms with van der Waals surface area (Å²) in [7, 11) is -2.48. The second-order valence-electron chi connectivity index (χ2n) is 6.29. The molecule has 2 aromatic rings. The molecule has 0 saturated carbocycles. The number of rotatable bonds is 6. The molecular weight excluding hydrogens is 404 g/mol. The Kier molecular flexibility index (Phi) is 6.69. The number of sulfonamides is 1. The predicted molar refractivity (Wildman–Crippen MR) is 110 cm³/mol. The van der Waals surface area contributed by atoms with Crippen LogP contribution in [0.25, 0.3) is 0 Å². The van der Waals surface area contributed by atoms with Gasteiger partial charge in [0.25, 0.3) is 0 Å². The van der Waals surface area contributed by atoms with Crippen molar-refractivity contribution in [1.29, 1.82) is 0 Å². The highest BCUT2D eigenvalue weighted by atomic mass is 35.5. The van der Waals surface area contributed by atoms with Gasteiger partial charge in [-0.3, -0.25) is 9.10 Å². The minimum Gasteiger partial charge on any atom is -0.465 e. The van der Waals surface area contributed by atoms with Crippen LogP contribution in [0.5, 0.6) is 0 Å². The van der Waals surface area contributed by atoms with E-state index in [1.54, 1.807) is 19.1 Å². The van der Waals surface area contributed by atoms with Crippen LogP contribution in [-0.4, -0.2) is 40.2 Å². The van der Waals surface area contributed by atoms with Gasteiger partial charge in [0.2, 0.25) is 15.9 Å². The molecule has 0 saturated heterocycles. The molecule has 150 valence electrons. The van der Waals surface area contributed by atoms with Crippen LogP contribution in [0, 0.1) is 13.8 Å². The normalized spacial score (nSPS) is 11.0. The monoisotopic (exact) mass is 424 g/mol. The third kappa shape index (κ3) is 5.24. The van der Waals surface area contributed by atoms with E-state index < -0.39 is 28.4 Å². The number of methoxy groups -OCH3 is 1. The van der Waals surface area contributed by atoms with Crippen molar-refractivity contribution in [1.82, 2.24) is 0 Å². The summed E-state index contributed by atoms with van der Waals surface area (Å²) >= 11 is 5.96. The highest BCUT2D eigenvalue weighted by molar-refractivity contribution is 7.92. The predicted octanol–water partition coefficient (Wildman–Crippen LogP) is 3.15. The van der Waals surface area contributed by atoms with Gasteiger partial charge in [-0.2, -0.15) is 0 Å². The van der Waals surface area contributed by atoms with E-state index in [4.69, 9.17) is 11.6 Å². The Hall–Kier alpha value is -2.58. The first-order valence-electron chi connectivity index (χ1n) is 8.25. The molecule has 2 rings (SSSR count). The van der Waals surface area contributed by atoms with Gasteiger partial charge in [0.05, 0.1) is 29.6 Å². The van der Waals surface area contributed by atoms with Crippen molar-refractivity contribution in [2.24, 2.45) is 0 Å². The number of carbonyl (C=O) groups is 2. The fourth-order valence-corrected chi connectivity index (χ4v) is 3.78. The van der Waals surface area contributed by atoms with Crippen molar-refractivity contribution in [2.75, 3.05) is 29.5 Å². The van der Waals surface area contributed by atoms with E-state index in [0.717, 1.165) is 21.7 Å². The Morgan fingerprint density at radius 1 is 1.14 bits per heavy atom. The highest BCUT2D eigenvalue weighted by Gasteiger charge is 2.23. The van der Waals surface area contributed by atoms with Gasteiger partial charge in [0, 0.05) is 5.69 Å². The molecule has 1 N–H and O–H groups in total. The summed E-state index contributed by atoms with van der Waals surface area (Å²) in [5.41, 5.74) is 2.53. The molecule has 0 aliphatic heterocycles. The number of esters is 1. The fourth-order valence-electron chi connectivity index (χ4n) is 2.67. The van der Waals surface area contributed by atoms with E-state index in [1.165, 1.54) is 25.3 Å². The van der Waals surface area contributed by atoms with Crippen LogP contribution in [0.4, 0.5) is 11.4 Å². The molecule has 0 unspecified atom stereocenters. The first-order chi connectivity index (χ1) is 13.0. The van der Waals surface area contributed by atoms with Crippen LogP contribution in [0.3, 0.4) is 0 Å². The third-order valence-corrected chi connectivity index (χ3v) is 5.42.